The van der Waals surface area contributed by atoms with Crippen molar-refractivity contribution in [2.75, 3.05) is 13.2 Å². The van der Waals surface area contributed by atoms with Crippen molar-refractivity contribution in [2.45, 2.75) is 19.6 Å². The summed E-state index contributed by atoms with van der Waals surface area (Å²) in [5.74, 6) is 0.181. The maximum Gasteiger partial charge on any atom is 0.215 e. The molecule has 0 atom stereocenters. The number of halogens is 1. The Balaban J connectivity index is 1.83. The van der Waals surface area contributed by atoms with Gasteiger partial charge in [-0.15, -0.1) is 0 Å². The molecule has 124 valence electrons. The number of benzene rings is 2. The average Bonchev–Trinajstić information content (AvgIpc) is 2.49. The zero-order valence-electron chi connectivity index (χ0n) is 13.2. The van der Waals surface area contributed by atoms with Crippen molar-refractivity contribution >= 4 is 10.0 Å². The highest BCUT2D eigenvalue weighted by Crippen LogP contribution is 2.18. The van der Waals surface area contributed by atoms with Crippen molar-refractivity contribution in [1.29, 1.82) is 0 Å². The fourth-order valence-corrected chi connectivity index (χ4v) is 3.20. The van der Waals surface area contributed by atoms with Gasteiger partial charge in [0.25, 0.3) is 0 Å². The highest BCUT2D eigenvalue weighted by atomic mass is 32.2. The molecule has 0 radical (unpaired) electrons. The molecule has 0 unspecified atom stereocenters. The average molecular weight is 337 g/mol. The minimum Gasteiger partial charge on any atom is -0.492 e. The summed E-state index contributed by atoms with van der Waals surface area (Å²) >= 11 is 0. The Kier molecular flexibility index (Phi) is 5.74. The van der Waals surface area contributed by atoms with Crippen LogP contribution < -0.4 is 9.46 Å². The summed E-state index contributed by atoms with van der Waals surface area (Å²) in [6.07, 6.45) is 0. The van der Waals surface area contributed by atoms with Gasteiger partial charge < -0.3 is 4.74 Å². The van der Waals surface area contributed by atoms with Gasteiger partial charge in [0.15, 0.2) is 0 Å². The van der Waals surface area contributed by atoms with E-state index in [9.17, 15) is 12.8 Å². The van der Waals surface area contributed by atoms with Gasteiger partial charge in [-0.25, -0.2) is 17.5 Å². The van der Waals surface area contributed by atoms with Gasteiger partial charge in [0, 0.05) is 6.54 Å². The fraction of sp³-hybridized carbons (Fsp3) is 0.294. The zero-order valence-corrected chi connectivity index (χ0v) is 14.0. The first-order chi connectivity index (χ1) is 10.9. The van der Waals surface area contributed by atoms with Crippen molar-refractivity contribution in [1.82, 2.24) is 4.72 Å². The summed E-state index contributed by atoms with van der Waals surface area (Å²) in [5, 5.41) is 0. The van der Waals surface area contributed by atoms with Crippen LogP contribution in [0.3, 0.4) is 0 Å². The molecule has 0 aromatic heterocycles. The molecular formula is C17H20FNO3S. The Morgan fingerprint density at radius 2 is 1.78 bits per heavy atom. The number of ether oxygens (including phenoxy) is 1. The first-order valence-corrected chi connectivity index (χ1v) is 8.93. The topological polar surface area (TPSA) is 55.4 Å². The van der Waals surface area contributed by atoms with Crippen molar-refractivity contribution in [3.05, 3.63) is 65.0 Å². The van der Waals surface area contributed by atoms with Crippen molar-refractivity contribution < 1.29 is 17.5 Å². The molecule has 4 nitrogen and oxygen atoms in total. The van der Waals surface area contributed by atoms with Gasteiger partial charge in [0.05, 0.1) is 5.75 Å². The summed E-state index contributed by atoms with van der Waals surface area (Å²) in [4.78, 5) is 0. The molecule has 1 N–H and O–H groups in total. The summed E-state index contributed by atoms with van der Waals surface area (Å²) < 4.78 is 44.8. The maximum atomic E-state index is 12.8. The van der Waals surface area contributed by atoms with Gasteiger partial charge in [0.2, 0.25) is 10.0 Å². The molecule has 0 aliphatic carbocycles. The van der Waals surface area contributed by atoms with Gasteiger partial charge >= 0.3 is 0 Å². The van der Waals surface area contributed by atoms with Gasteiger partial charge in [-0.1, -0.05) is 24.3 Å². The Hall–Kier alpha value is -1.92. The first kappa shape index (κ1) is 17.4. The molecule has 0 spiro atoms. The van der Waals surface area contributed by atoms with Crippen molar-refractivity contribution in [3.63, 3.8) is 0 Å². The van der Waals surface area contributed by atoms with E-state index in [-0.39, 0.29) is 24.7 Å². The third-order valence-corrected chi connectivity index (χ3v) is 4.65. The summed E-state index contributed by atoms with van der Waals surface area (Å²) in [7, 11) is -3.47. The highest BCUT2D eigenvalue weighted by Gasteiger charge is 2.11. The molecule has 0 amide bonds. The summed E-state index contributed by atoms with van der Waals surface area (Å²) in [5.41, 5.74) is 2.63. The first-order valence-electron chi connectivity index (χ1n) is 7.27. The van der Waals surface area contributed by atoms with E-state index < -0.39 is 10.0 Å². The van der Waals surface area contributed by atoms with E-state index in [2.05, 4.69) is 4.72 Å². The molecule has 0 bridgehead atoms. The second kappa shape index (κ2) is 7.57. The molecule has 6 heteroatoms. The Morgan fingerprint density at radius 1 is 1.09 bits per heavy atom. The van der Waals surface area contributed by atoms with Crippen molar-refractivity contribution in [2.24, 2.45) is 0 Å². The Bertz CT molecular complexity index is 758. The molecule has 0 saturated heterocycles. The van der Waals surface area contributed by atoms with Crippen LogP contribution in [0.25, 0.3) is 0 Å². The van der Waals surface area contributed by atoms with Crippen LogP contribution in [-0.4, -0.2) is 21.6 Å². The molecular weight excluding hydrogens is 317 g/mol. The number of aryl methyl sites for hydroxylation is 2. The highest BCUT2D eigenvalue weighted by molar-refractivity contribution is 7.88. The molecule has 0 aliphatic rings. The van der Waals surface area contributed by atoms with E-state index in [0.29, 0.717) is 5.56 Å². The fourth-order valence-electron chi connectivity index (χ4n) is 2.07. The van der Waals surface area contributed by atoms with Crippen LogP contribution in [0.15, 0.2) is 42.5 Å². The molecule has 2 aromatic rings. The number of nitrogens with one attached hydrogen (secondary N) is 1. The minimum absolute atomic E-state index is 0.177. The summed E-state index contributed by atoms with van der Waals surface area (Å²) in [6.45, 7) is 4.33. The number of hydrogen-bond acceptors (Lipinski definition) is 3. The van der Waals surface area contributed by atoms with E-state index >= 15 is 0 Å². The quantitative estimate of drug-likeness (QED) is 0.790. The second-order valence-corrected chi connectivity index (χ2v) is 7.20. The van der Waals surface area contributed by atoms with Crippen LogP contribution in [0.1, 0.15) is 16.7 Å². The SMILES string of the molecule is Cc1ccc(C)c(OCCNS(=O)(=O)Cc2ccc(F)cc2)c1. The lowest BCUT2D eigenvalue weighted by atomic mass is 10.1. The van der Waals surface area contributed by atoms with Crippen LogP contribution in [0.4, 0.5) is 4.39 Å². The lowest BCUT2D eigenvalue weighted by molar-refractivity contribution is 0.320. The molecule has 0 heterocycles. The Morgan fingerprint density at radius 3 is 2.48 bits per heavy atom. The number of rotatable bonds is 7. The van der Waals surface area contributed by atoms with Crippen LogP contribution in [-0.2, 0) is 15.8 Å². The summed E-state index contributed by atoms with van der Waals surface area (Å²) in [6, 6.07) is 11.3. The van der Waals surface area contributed by atoms with Gasteiger partial charge in [-0.2, -0.15) is 0 Å². The standard InChI is InChI=1S/C17H20FNO3S/c1-13-3-4-14(2)17(11-13)22-10-9-19-23(20,21)12-15-5-7-16(18)8-6-15/h3-8,11,19H,9-10,12H2,1-2H3. The molecule has 2 aromatic carbocycles. The number of sulfonamides is 1. The Labute approximate surface area is 136 Å². The number of hydrogen-bond donors (Lipinski definition) is 1. The van der Waals surface area contributed by atoms with Crippen LogP contribution in [0.2, 0.25) is 0 Å². The maximum absolute atomic E-state index is 12.8. The van der Waals surface area contributed by atoms with E-state index in [1.54, 1.807) is 0 Å². The molecule has 0 aliphatic heterocycles. The zero-order chi connectivity index (χ0) is 16.9. The molecule has 23 heavy (non-hydrogen) atoms. The van der Waals surface area contributed by atoms with E-state index in [0.717, 1.165) is 16.9 Å². The molecule has 2 rings (SSSR count). The molecule has 0 saturated carbocycles. The molecule has 0 fully saturated rings. The van der Waals surface area contributed by atoms with Crippen LogP contribution in [0, 0.1) is 19.7 Å². The third kappa shape index (κ3) is 5.65. The largest absolute Gasteiger partial charge is 0.492 e. The van der Waals surface area contributed by atoms with E-state index in [4.69, 9.17) is 4.74 Å². The third-order valence-electron chi connectivity index (χ3n) is 3.30. The monoisotopic (exact) mass is 337 g/mol. The normalized spacial score (nSPS) is 11.4. The lowest BCUT2D eigenvalue weighted by Crippen LogP contribution is -2.29. The van der Waals surface area contributed by atoms with E-state index in [1.165, 1.54) is 24.3 Å². The van der Waals surface area contributed by atoms with Gasteiger partial charge in [-0.05, 0) is 48.7 Å². The van der Waals surface area contributed by atoms with E-state index in [1.807, 2.05) is 32.0 Å². The van der Waals surface area contributed by atoms with Crippen molar-refractivity contribution in [3.8, 4) is 5.75 Å². The second-order valence-electron chi connectivity index (χ2n) is 5.40. The van der Waals surface area contributed by atoms with Crippen LogP contribution in [0.5, 0.6) is 5.75 Å². The lowest BCUT2D eigenvalue weighted by Gasteiger charge is -2.11. The van der Waals surface area contributed by atoms with Gasteiger partial charge in [-0.3, -0.25) is 0 Å². The predicted molar refractivity (Wildman–Crippen MR) is 88.4 cm³/mol. The van der Waals surface area contributed by atoms with Crippen LogP contribution >= 0.6 is 0 Å². The van der Waals surface area contributed by atoms with Gasteiger partial charge in [0.1, 0.15) is 18.2 Å². The minimum atomic E-state index is -3.47. The smallest absolute Gasteiger partial charge is 0.215 e. The predicted octanol–water partition coefficient (Wildman–Crippen LogP) is 2.94.